The average Bonchev–Trinajstić information content (AvgIpc) is 3.21. The molecule has 4 rings (SSSR count). The third-order valence-electron chi connectivity index (χ3n) is 5.14. The molecule has 0 unspecified atom stereocenters. The van der Waals surface area contributed by atoms with Gasteiger partial charge >= 0.3 is 0 Å². The van der Waals surface area contributed by atoms with Crippen LogP contribution in [0.4, 0.5) is 5.82 Å². The van der Waals surface area contributed by atoms with Crippen molar-refractivity contribution in [2.24, 2.45) is 13.0 Å². The summed E-state index contributed by atoms with van der Waals surface area (Å²) in [4.78, 5) is 25.4. The van der Waals surface area contributed by atoms with Crippen LogP contribution in [-0.2, 0) is 11.8 Å². The Labute approximate surface area is 152 Å². The van der Waals surface area contributed by atoms with Crippen molar-refractivity contribution in [1.29, 1.82) is 0 Å². The SMILES string of the molecule is COc1cc(N2C[C@H]3CN(C(=O)c4cccn4C)CCO[C@H]3C2)ncn1. The summed E-state index contributed by atoms with van der Waals surface area (Å²) in [6, 6.07) is 5.59. The molecule has 8 nitrogen and oxygen atoms in total. The van der Waals surface area contributed by atoms with Crippen LogP contribution in [0.1, 0.15) is 10.5 Å². The average molecular weight is 357 g/mol. The molecule has 0 spiro atoms. The summed E-state index contributed by atoms with van der Waals surface area (Å²) in [5.41, 5.74) is 0.707. The Bertz CT molecular complexity index is 793. The number of carbonyl (C=O) groups is 1. The van der Waals surface area contributed by atoms with E-state index in [1.165, 1.54) is 6.33 Å². The van der Waals surface area contributed by atoms with E-state index in [2.05, 4.69) is 14.9 Å². The highest BCUT2D eigenvalue weighted by molar-refractivity contribution is 5.92. The highest BCUT2D eigenvalue weighted by Gasteiger charge is 2.38. The second kappa shape index (κ2) is 6.95. The molecular formula is C18H23N5O3. The molecule has 1 amide bonds. The maximum atomic E-state index is 12.9. The molecule has 0 aromatic carbocycles. The molecule has 26 heavy (non-hydrogen) atoms. The largest absolute Gasteiger partial charge is 0.481 e. The first-order valence-electron chi connectivity index (χ1n) is 8.79. The monoisotopic (exact) mass is 357 g/mol. The summed E-state index contributed by atoms with van der Waals surface area (Å²) < 4.78 is 13.1. The Hall–Kier alpha value is -2.61. The van der Waals surface area contributed by atoms with E-state index in [1.807, 2.05) is 40.9 Å². The first kappa shape index (κ1) is 16.8. The van der Waals surface area contributed by atoms with Crippen LogP contribution in [0.2, 0.25) is 0 Å². The van der Waals surface area contributed by atoms with Gasteiger partial charge in [-0.2, -0.15) is 0 Å². The van der Waals surface area contributed by atoms with Crippen molar-refractivity contribution in [3.8, 4) is 5.88 Å². The quantitative estimate of drug-likeness (QED) is 0.809. The van der Waals surface area contributed by atoms with E-state index < -0.39 is 0 Å². The van der Waals surface area contributed by atoms with E-state index in [0.717, 1.165) is 18.9 Å². The van der Waals surface area contributed by atoms with Crippen molar-refractivity contribution < 1.29 is 14.3 Å². The van der Waals surface area contributed by atoms with Gasteiger partial charge in [-0.1, -0.05) is 0 Å². The molecule has 2 fully saturated rings. The zero-order valence-corrected chi connectivity index (χ0v) is 15.0. The lowest BCUT2D eigenvalue weighted by Crippen LogP contribution is -2.38. The maximum Gasteiger partial charge on any atom is 0.270 e. The summed E-state index contributed by atoms with van der Waals surface area (Å²) in [6.07, 6.45) is 3.50. The van der Waals surface area contributed by atoms with E-state index in [0.29, 0.717) is 31.3 Å². The van der Waals surface area contributed by atoms with Crippen molar-refractivity contribution in [1.82, 2.24) is 19.4 Å². The third-order valence-corrected chi connectivity index (χ3v) is 5.14. The number of carbonyl (C=O) groups excluding carboxylic acids is 1. The molecule has 8 heteroatoms. The summed E-state index contributed by atoms with van der Waals surface area (Å²) in [5.74, 6) is 1.68. The molecule has 0 saturated carbocycles. The Morgan fingerprint density at radius 2 is 2.19 bits per heavy atom. The van der Waals surface area contributed by atoms with Crippen molar-refractivity contribution in [3.63, 3.8) is 0 Å². The molecule has 2 aliphatic heterocycles. The van der Waals surface area contributed by atoms with E-state index in [4.69, 9.17) is 9.47 Å². The minimum atomic E-state index is 0.0592. The normalized spacial score (nSPS) is 22.8. The number of fused-ring (bicyclic) bond motifs is 1. The van der Waals surface area contributed by atoms with Crippen LogP contribution in [0.25, 0.3) is 0 Å². The number of hydrogen-bond acceptors (Lipinski definition) is 6. The third kappa shape index (κ3) is 3.12. The van der Waals surface area contributed by atoms with Gasteiger partial charge in [0.25, 0.3) is 5.91 Å². The number of anilines is 1. The van der Waals surface area contributed by atoms with E-state index in [-0.39, 0.29) is 17.9 Å². The first-order valence-corrected chi connectivity index (χ1v) is 8.79. The van der Waals surface area contributed by atoms with Crippen LogP contribution in [-0.4, -0.2) is 71.3 Å². The van der Waals surface area contributed by atoms with Gasteiger partial charge in [0, 0.05) is 51.4 Å². The predicted molar refractivity (Wildman–Crippen MR) is 95.3 cm³/mol. The van der Waals surface area contributed by atoms with Crippen molar-refractivity contribution in [2.45, 2.75) is 6.10 Å². The van der Waals surface area contributed by atoms with Crippen molar-refractivity contribution >= 4 is 11.7 Å². The molecule has 0 bridgehead atoms. The number of ether oxygens (including phenoxy) is 2. The van der Waals surface area contributed by atoms with Crippen LogP contribution in [0, 0.1) is 5.92 Å². The summed E-state index contributed by atoms with van der Waals surface area (Å²) in [6.45, 7) is 3.42. The maximum absolute atomic E-state index is 12.9. The van der Waals surface area contributed by atoms with Crippen molar-refractivity contribution in [2.75, 3.05) is 44.8 Å². The molecule has 2 aromatic rings. The highest BCUT2D eigenvalue weighted by Crippen LogP contribution is 2.28. The second-order valence-electron chi connectivity index (χ2n) is 6.75. The zero-order chi connectivity index (χ0) is 18.1. The molecule has 2 saturated heterocycles. The van der Waals surface area contributed by atoms with Crippen molar-refractivity contribution in [3.05, 3.63) is 36.4 Å². The van der Waals surface area contributed by atoms with Gasteiger partial charge < -0.3 is 23.8 Å². The fraction of sp³-hybridized carbons (Fsp3) is 0.500. The van der Waals surface area contributed by atoms with Crippen LogP contribution < -0.4 is 9.64 Å². The molecule has 0 N–H and O–H groups in total. The fourth-order valence-electron chi connectivity index (χ4n) is 3.73. The lowest BCUT2D eigenvalue weighted by molar-refractivity contribution is 0.0568. The molecule has 0 radical (unpaired) electrons. The summed E-state index contributed by atoms with van der Waals surface area (Å²) in [5, 5.41) is 0. The number of nitrogens with zero attached hydrogens (tertiary/aromatic N) is 5. The number of aromatic nitrogens is 3. The van der Waals surface area contributed by atoms with Crippen LogP contribution in [0.15, 0.2) is 30.7 Å². The summed E-state index contributed by atoms with van der Waals surface area (Å²) in [7, 11) is 3.49. The number of aryl methyl sites for hydroxylation is 1. The lowest BCUT2D eigenvalue weighted by Gasteiger charge is -2.24. The van der Waals surface area contributed by atoms with Gasteiger partial charge in [0.1, 0.15) is 17.8 Å². The van der Waals surface area contributed by atoms with Gasteiger partial charge in [-0.15, -0.1) is 0 Å². The molecule has 4 heterocycles. The Balaban J connectivity index is 1.48. The van der Waals surface area contributed by atoms with Crippen LogP contribution >= 0.6 is 0 Å². The lowest BCUT2D eigenvalue weighted by atomic mass is 10.1. The summed E-state index contributed by atoms with van der Waals surface area (Å²) >= 11 is 0. The molecule has 138 valence electrons. The van der Waals surface area contributed by atoms with Crippen LogP contribution in [0.5, 0.6) is 5.88 Å². The molecule has 0 aliphatic carbocycles. The number of rotatable bonds is 3. The molecule has 2 aromatic heterocycles. The Morgan fingerprint density at radius 3 is 2.96 bits per heavy atom. The molecule has 2 atom stereocenters. The molecule has 2 aliphatic rings. The second-order valence-corrected chi connectivity index (χ2v) is 6.75. The number of methoxy groups -OCH3 is 1. The smallest absolute Gasteiger partial charge is 0.270 e. The van der Waals surface area contributed by atoms with Gasteiger partial charge in [0.15, 0.2) is 0 Å². The van der Waals surface area contributed by atoms with E-state index in [1.54, 1.807) is 7.11 Å². The topological polar surface area (TPSA) is 72.7 Å². The Kier molecular flexibility index (Phi) is 4.50. The minimum absolute atomic E-state index is 0.0592. The van der Waals surface area contributed by atoms with Gasteiger partial charge in [-0.25, -0.2) is 9.97 Å². The number of amides is 1. The minimum Gasteiger partial charge on any atom is -0.481 e. The van der Waals surface area contributed by atoms with Gasteiger partial charge in [0.05, 0.1) is 19.8 Å². The Morgan fingerprint density at radius 1 is 1.31 bits per heavy atom. The van der Waals surface area contributed by atoms with E-state index in [9.17, 15) is 4.79 Å². The standard InChI is InChI=1S/C18H23N5O3/c1-21-5-3-4-14(21)18(24)22-6-7-26-15-11-23(10-13(15)9-22)16-8-17(25-2)20-12-19-16/h3-5,8,12-13,15H,6-7,9-11H2,1-2H3/t13-,15+/m1/s1. The van der Waals surface area contributed by atoms with Gasteiger partial charge in [-0.3, -0.25) is 4.79 Å². The number of hydrogen-bond donors (Lipinski definition) is 0. The van der Waals surface area contributed by atoms with Crippen LogP contribution in [0.3, 0.4) is 0 Å². The molecular weight excluding hydrogens is 334 g/mol. The highest BCUT2D eigenvalue weighted by atomic mass is 16.5. The van der Waals surface area contributed by atoms with Gasteiger partial charge in [-0.05, 0) is 12.1 Å². The van der Waals surface area contributed by atoms with Gasteiger partial charge in [0.2, 0.25) is 5.88 Å². The fourth-order valence-corrected chi connectivity index (χ4v) is 3.73. The van der Waals surface area contributed by atoms with E-state index >= 15 is 0 Å². The first-order chi connectivity index (χ1) is 12.7. The zero-order valence-electron chi connectivity index (χ0n) is 15.0. The predicted octanol–water partition coefficient (Wildman–Crippen LogP) is 0.801.